The van der Waals surface area contributed by atoms with Crippen LogP contribution in [0.2, 0.25) is 0 Å². The number of fused-ring (bicyclic) bond motifs is 1. The van der Waals surface area contributed by atoms with Crippen molar-refractivity contribution in [3.8, 4) is 17.0 Å². The van der Waals surface area contributed by atoms with E-state index in [1.54, 1.807) is 13.3 Å². The Morgan fingerprint density at radius 3 is 2.65 bits per heavy atom. The normalized spacial score (nSPS) is 15.3. The van der Waals surface area contributed by atoms with Gasteiger partial charge in [0, 0.05) is 37.0 Å². The van der Waals surface area contributed by atoms with E-state index in [2.05, 4.69) is 21.3 Å². The third-order valence-corrected chi connectivity index (χ3v) is 6.56. The molecule has 1 saturated heterocycles. The average Bonchev–Trinajstić information content (AvgIpc) is 3.34. The maximum absolute atomic E-state index is 12.9. The Morgan fingerprint density at radius 1 is 1.09 bits per heavy atom. The first kappa shape index (κ1) is 21.9. The van der Waals surface area contributed by atoms with Crippen molar-refractivity contribution in [3.05, 3.63) is 78.6 Å². The quantitative estimate of drug-likeness (QED) is 0.464. The number of nitrogens with one attached hydrogen (secondary N) is 1. The van der Waals surface area contributed by atoms with E-state index < -0.39 is 0 Å². The van der Waals surface area contributed by atoms with Gasteiger partial charge in [0.1, 0.15) is 11.3 Å². The van der Waals surface area contributed by atoms with E-state index in [9.17, 15) is 4.79 Å². The van der Waals surface area contributed by atoms with Crippen molar-refractivity contribution in [1.29, 1.82) is 0 Å². The highest BCUT2D eigenvalue weighted by molar-refractivity contribution is 5.80. The lowest BCUT2D eigenvalue weighted by molar-refractivity contribution is -0.126. The van der Waals surface area contributed by atoms with Crippen LogP contribution in [0.5, 0.6) is 5.75 Å². The van der Waals surface area contributed by atoms with E-state index in [1.807, 2.05) is 72.2 Å². The molecule has 3 heterocycles. The van der Waals surface area contributed by atoms with Crippen LogP contribution in [0.3, 0.4) is 0 Å². The largest absolute Gasteiger partial charge is 0.497 e. The predicted molar refractivity (Wildman–Crippen MR) is 133 cm³/mol. The van der Waals surface area contributed by atoms with Gasteiger partial charge < -0.3 is 15.0 Å². The maximum Gasteiger partial charge on any atom is 0.223 e. The van der Waals surface area contributed by atoms with Gasteiger partial charge in [-0.3, -0.25) is 4.79 Å². The van der Waals surface area contributed by atoms with Gasteiger partial charge in [0.25, 0.3) is 0 Å². The molecule has 1 N–H and O–H groups in total. The molecule has 1 aliphatic heterocycles. The van der Waals surface area contributed by atoms with Crippen LogP contribution in [0.4, 0.5) is 5.82 Å². The Kier molecular flexibility index (Phi) is 6.16. The summed E-state index contributed by atoms with van der Waals surface area (Å²) in [6.07, 6.45) is 5.25. The van der Waals surface area contributed by atoms with E-state index >= 15 is 0 Å². The van der Waals surface area contributed by atoms with E-state index in [0.29, 0.717) is 0 Å². The molecule has 34 heavy (non-hydrogen) atoms. The zero-order valence-electron chi connectivity index (χ0n) is 19.5. The number of carbonyl (C=O) groups excluding carboxylic acids is 1. The van der Waals surface area contributed by atoms with Crippen molar-refractivity contribution >= 4 is 17.2 Å². The number of methoxy groups -OCH3 is 1. The summed E-state index contributed by atoms with van der Waals surface area (Å²) in [7, 11) is 1.66. The highest BCUT2D eigenvalue weighted by atomic mass is 16.5. The Labute approximate surface area is 199 Å². The molecular formula is C27H29N5O2. The SMILES string of the molecule is COc1cccc(-c2cc3c(N4CCC(C(=O)NC(C)c5ccccc5)CC4)nccn3n2)c1. The summed E-state index contributed by atoms with van der Waals surface area (Å²) >= 11 is 0. The first-order valence-electron chi connectivity index (χ1n) is 11.7. The third kappa shape index (κ3) is 4.46. The minimum Gasteiger partial charge on any atom is -0.497 e. The third-order valence-electron chi connectivity index (χ3n) is 6.56. The van der Waals surface area contributed by atoms with Crippen LogP contribution >= 0.6 is 0 Å². The lowest BCUT2D eigenvalue weighted by Crippen LogP contribution is -2.41. The second kappa shape index (κ2) is 9.55. The molecule has 7 nitrogen and oxygen atoms in total. The fourth-order valence-electron chi connectivity index (χ4n) is 4.59. The van der Waals surface area contributed by atoms with Crippen molar-refractivity contribution < 1.29 is 9.53 Å². The van der Waals surface area contributed by atoms with Gasteiger partial charge in [-0.2, -0.15) is 5.10 Å². The molecule has 5 rings (SSSR count). The van der Waals surface area contributed by atoms with Crippen LogP contribution in [0, 0.1) is 5.92 Å². The van der Waals surface area contributed by atoms with Gasteiger partial charge in [-0.25, -0.2) is 9.50 Å². The van der Waals surface area contributed by atoms with E-state index in [4.69, 9.17) is 9.84 Å². The predicted octanol–water partition coefficient (Wildman–Crippen LogP) is 4.50. The summed E-state index contributed by atoms with van der Waals surface area (Å²) < 4.78 is 7.23. The summed E-state index contributed by atoms with van der Waals surface area (Å²) in [5.74, 6) is 1.85. The molecule has 1 amide bonds. The van der Waals surface area contributed by atoms with Crippen molar-refractivity contribution in [1.82, 2.24) is 19.9 Å². The molecule has 7 heteroatoms. The maximum atomic E-state index is 12.9. The molecule has 1 fully saturated rings. The molecule has 0 saturated carbocycles. The topological polar surface area (TPSA) is 71.8 Å². The summed E-state index contributed by atoms with van der Waals surface area (Å²) in [6.45, 7) is 3.60. The fraction of sp³-hybridized carbons (Fsp3) is 0.296. The minimum absolute atomic E-state index is 0.00368. The molecule has 4 aromatic rings. The molecule has 174 valence electrons. The van der Waals surface area contributed by atoms with Crippen LogP contribution in [0.25, 0.3) is 16.8 Å². The van der Waals surface area contributed by atoms with Gasteiger partial charge in [-0.1, -0.05) is 42.5 Å². The summed E-state index contributed by atoms with van der Waals surface area (Å²) in [4.78, 5) is 19.8. The Morgan fingerprint density at radius 2 is 1.88 bits per heavy atom. The lowest BCUT2D eigenvalue weighted by atomic mass is 9.95. The molecule has 0 spiro atoms. The fourth-order valence-corrected chi connectivity index (χ4v) is 4.59. The average molecular weight is 456 g/mol. The zero-order valence-corrected chi connectivity index (χ0v) is 19.5. The molecular weight excluding hydrogens is 426 g/mol. The molecule has 2 aromatic heterocycles. The molecule has 1 atom stereocenters. The smallest absolute Gasteiger partial charge is 0.223 e. The number of anilines is 1. The number of hydrogen-bond donors (Lipinski definition) is 1. The van der Waals surface area contributed by atoms with E-state index in [0.717, 1.165) is 59.8 Å². The number of carbonyl (C=O) groups is 1. The standard InChI is InChI=1S/C27H29N5O2/c1-19(20-7-4-3-5-8-20)29-27(33)21-11-14-31(15-12-21)26-25-18-24(30-32(25)16-13-28-26)22-9-6-10-23(17-22)34-2/h3-10,13,16-19,21H,11-12,14-15H2,1-2H3,(H,29,33). The van der Waals surface area contributed by atoms with E-state index in [1.165, 1.54) is 0 Å². The minimum atomic E-state index is 0.00368. The number of nitrogens with zero attached hydrogens (tertiary/aromatic N) is 4. The number of rotatable bonds is 6. The molecule has 1 aliphatic rings. The number of benzene rings is 2. The second-order valence-corrected chi connectivity index (χ2v) is 8.74. The first-order chi connectivity index (χ1) is 16.6. The summed E-state index contributed by atoms with van der Waals surface area (Å²) in [5.41, 5.74) is 3.95. The Hall–Kier alpha value is -3.87. The first-order valence-corrected chi connectivity index (χ1v) is 11.7. The Bertz CT molecular complexity index is 1280. The monoisotopic (exact) mass is 455 g/mol. The number of piperidine rings is 1. The van der Waals surface area contributed by atoms with Crippen LogP contribution in [0.15, 0.2) is 73.1 Å². The van der Waals surface area contributed by atoms with Crippen molar-refractivity contribution in [2.45, 2.75) is 25.8 Å². The van der Waals surface area contributed by atoms with Gasteiger partial charge in [-0.05, 0) is 43.5 Å². The van der Waals surface area contributed by atoms with Crippen LogP contribution in [0.1, 0.15) is 31.4 Å². The zero-order chi connectivity index (χ0) is 23.5. The molecule has 0 radical (unpaired) electrons. The number of aromatic nitrogens is 3. The van der Waals surface area contributed by atoms with Crippen LogP contribution in [-0.2, 0) is 4.79 Å². The molecule has 1 unspecified atom stereocenters. The van der Waals surface area contributed by atoms with Crippen molar-refractivity contribution in [2.75, 3.05) is 25.1 Å². The van der Waals surface area contributed by atoms with Crippen LogP contribution < -0.4 is 15.0 Å². The van der Waals surface area contributed by atoms with Gasteiger partial charge >= 0.3 is 0 Å². The van der Waals surface area contributed by atoms with E-state index in [-0.39, 0.29) is 17.9 Å². The van der Waals surface area contributed by atoms with Gasteiger partial charge in [0.05, 0.1) is 18.8 Å². The Balaban J connectivity index is 1.28. The highest BCUT2D eigenvalue weighted by Crippen LogP contribution is 2.29. The number of hydrogen-bond acceptors (Lipinski definition) is 5. The van der Waals surface area contributed by atoms with Gasteiger partial charge in [0.2, 0.25) is 5.91 Å². The van der Waals surface area contributed by atoms with Crippen molar-refractivity contribution in [3.63, 3.8) is 0 Å². The van der Waals surface area contributed by atoms with Crippen LogP contribution in [-0.4, -0.2) is 40.7 Å². The summed E-state index contributed by atoms with van der Waals surface area (Å²) in [6, 6.07) is 20.0. The number of amides is 1. The van der Waals surface area contributed by atoms with Gasteiger partial charge in [-0.15, -0.1) is 0 Å². The second-order valence-electron chi connectivity index (χ2n) is 8.74. The highest BCUT2D eigenvalue weighted by Gasteiger charge is 2.27. The lowest BCUT2D eigenvalue weighted by Gasteiger charge is -2.32. The summed E-state index contributed by atoms with van der Waals surface area (Å²) in [5, 5.41) is 7.93. The van der Waals surface area contributed by atoms with Crippen molar-refractivity contribution in [2.24, 2.45) is 5.92 Å². The van der Waals surface area contributed by atoms with Gasteiger partial charge in [0.15, 0.2) is 5.82 Å². The number of ether oxygens (including phenoxy) is 1. The molecule has 0 aliphatic carbocycles. The molecule has 0 bridgehead atoms. The molecule has 2 aromatic carbocycles.